The highest BCUT2D eigenvalue weighted by Gasteiger charge is 2.26. The van der Waals surface area contributed by atoms with Gasteiger partial charge in [0, 0.05) is 32.7 Å². The summed E-state index contributed by atoms with van der Waals surface area (Å²) < 4.78 is 1.84. The largest absolute Gasteiger partial charge is 0.340 e. The number of aromatic nitrogens is 3. The molecule has 6 nitrogen and oxygen atoms in total. The Morgan fingerprint density at radius 3 is 2.88 bits per heavy atom. The molecule has 1 aliphatic heterocycles. The van der Waals surface area contributed by atoms with Crippen LogP contribution in [0.1, 0.15) is 18.4 Å². The molecule has 1 aromatic carbocycles. The highest BCUT2D eigenvalue weighted by atomic mass is 32.2. The lowest BCUT2D eigenvalue weighted by molar-refractivity contribution is -0.130. The zero-order chi connectivity index (χ0) is 17.6. The summed E-state index contributed by atoms with van der Waals surface area (Å²) in [5, 5.41) is 8.65. The predicted molar refractivity (Wildman–Crippen MR) is 99.2 cm³/mol. The fourth-order valence-corrected chi connectivity index (χ4v) is 3.95. The van der Waals surface area contributed by atoms with Crippen LogP contribution in [-0.4, -0.2) is 62.4 Å². The molecule has 134 valence electrons. The van der Waals surface area contributed by atoms with Crippen LogP contribution in [0.5, 0.6) is 0 Å². The molecule has 2 heterocycles. The van der Waals surface area contributed by atoms with Gasteiger partial charge in [-0.1, -0.05) is 42.1 Å². The topological polar surface area (TPSA) is 54.3 Å². The fraction of sp³-hybridized carbons (Fsp3) is 0.500. The van der Waals surface area contributed by atoms with Gasteiger partial charge in [-0.15, -0.1) is 10.2 Å². The van der Waals surface area contributed by atoms with Crippen molar-refractivity contribution >= 4 is 17.7 Å². The van der Waals surface area contributed by atoms with E-state index >= 15 is 0 Å². The Labute approximate surface area is 153 Å². The molecule has 1 aromatic heterocycles. The summed E-state index contributed by atoms with van der Waals surface area (Å²) in [6, 6.07) is 10.9. The average molecular weight is 359 g/mol. The average Bonchev–Trinajstić information content (AvgIpc) is 3.05. The number of likely N-dealkylation sites (tertiary alicyclic amines) is 1. The Hall–Kier alpha value is -1.86. The first kappa shape index (κ1) is 17.9. The monoisotopic (exact) mass is 359 g/mol. The Morgan fingerprint density at radius 2 is 2.16 bits per heavy atom. The second-order valence-corrected chi connectivity index (χ2v) is 7.49. The maximum atomic E-state index is 12.6. The highest BCUT2D eigenvalue weighted by molar-refractivity contribution is 7.99. The summed E-state index contributed by atoms with van der Waals surface area (Å²) in [7, 11) is 4.04. The zero-order valence-electron chi connectivity index (χ0n) is 14.8. The van der Waals surface area contributed by atoms with Gasteiger partial charge >= 0.3 is 0 Å². The number of carbonyl (C=O) groups excluding carboxylic acids is 1. The van der Waals surface area contributed by atoms with Crippen molar-refractivity contribution in [3.63, 3.8) is 0 Å². The van der Waals surface area contributed by atoms with Gasteiger partial charge in [-0.3, -0.25) is 9.69 Å². The van der Waals surface area contributed by atoms with E-state index in [9.17, 15) is 4.79 Å². The highest BCUT2D eigenvalue weighted by Crippen LogP contribution is 2.19. The van der Waals surface area contributed by atoms with Gasteiger partial charge in [-0.25, -0.2) is 0 Å². The molecule has 0 bridgehead atoms. The van der Waals surface area contributed by atoms with E-state index < -0.39 is 0 Å². The quantitative estimate of drug-likeness (QED) is 0.739. The first-order valence-corrected chi connectivity index (χ1v) is 9.61. The molecule has 1 unspecified atom stereocenters. The molecule has 3 rings (SSSR count). The number of hydrogen-bond donors (Lipinski definition) is 0. The number of benzene rings is 1. The maximum Gasteiger partial charge on any atom is 0.233 e. The summed E-state index contributed by atoms with van der Waals surface area (Å²) in [6.07, 6.45) is 3.86. The summed E-state index contributed by atoms with van der Waals surface area (Å²) in [5.74, 6) is 0.604. The minimum Gasteiger partial charge on any atom is -0.340 e. The molecule has 0 spiro atoms. The summed E-state index contributed by atoms with van der Waals surface area (Å²) in [6.45, 7) is 2.58. The third kappa shape index (κ3) is 4.83. The van der Waals surface area contributed by atoms with Crippen molar-refractivity contribution in [3.05, 3.63) is 42.2 Å². The van der Waals surface area contributed by atoms with E-state index in [1.807, 2.05) is 22.6 Å². The van der Waals surface area contributed by atoms with Gasteiger partial charge in [-0.2, -0.15) is 0 Å². The molecule has 1 fully saturated rings. The van der Waals surface area contributed by atoms with Crippen molar-refractivity contribution in [2.45, 2.75) is 30.6 Å². The standard InChI is InChI=1S/C18H25N5OS/c1-21(11-15-7-4-3-5-8-15)16-9-6-10-23(12-16)17(24)13-25-18-20-19-14-22(18)2/h3-5,7-8,14,16H,6,9-13H2,1-2H3. The van der Waals surface area contributed by atoms with E-state index in [2.05, 4.69) is 46.4 Å². The lowest BCUT2D eigenvalue weighted by Gasteiger charge is -2.37. The van der Waals surface area contributed by atoms with Gasteiger partial charge in [0.15, 0.2) is 5.16 Å². The van der Waals surface area contributed by atoms with Crippen LogP contribution in [0.2, 0.25) is 0 Å². The first-order chi connectivity index (χ1) is 12.1. The van der Waals surface area contributed by atoms with Crippen LogP contribution in [0.25, 0.3) is 0 Å². The van der Waals surface area contributed by atoms with E-state index in [1.165, 1.54) is 17.3 Å². The molecule has 1 amide bonds. The van der Waals surface area contributed by atoms with Gasteiger partial charge in [0.1, 0.15) is 6.33 Å². The summed E-state index contributed by atoms with van der Waals surface area (Å²) in [5.41, 5.74) is 1.31. The van der Waals surface area contributed by atoms with E-state index in [0.717, 1.165) is 37.6 Å². The molecule has 0 radical (unpaired) electrons. The zero-order valence-corrected chi connectivity index (χ0v) is 15.7. The van der Waals surface area contributed by atoms with Crippen molar-refractivity contribution in [1.29, 1.82) is 0 Å². The molecule has 1 aliphatic rings. The van der Waals surface area contributed by atoms with Gasteiger partial charge in [-0.05, 0) is 25.5 Å². The molecule has 0 saturated carbocycles. The van der Waals surface area contributed by atoms with Gasteiger partial charge < -0.3 is 9.47 Å². The molecule has 25 heavy (non-hydrogen) atoms. The molecule has 0 N–H and O–H groups in total. The van der Waals surface area contributed by atoms with Gasteiger partial charge in [0.2, 0.25) is 5.91 Å². The van der Waals surface area contributed by atoms with E-state index in [0.29, 0.717) is 11.8 Å². The number of aryl methyl sites for hydroxylation is 1. The lowest BCUT2D eigenvalue weighted by atomic mass is 10.0. The minimum atomic E-state index is 0.186. The second-order valence-electron chi connectivity index (χ2n) is 6.55. The van der Waals surface area contributed by atoms with Crippen molar-refractivity contribution < 1.29 is 4.79 Å². The molecule has 2 aromatic rings. The Morgan fingerprint density at radius 1 is 1.36 bits per heavy atom. The van der Waals surface area contributed by atoms with Crippen LogP contribution >= 0.6 is 11.8 Å². The third-order valence-electron chi connectivity index (χ3n) is 4.64. The lowest BCUT2D eigenvalue weighted by Crippen LogP contribution is -2.48. The minimum absolute atomic E-state index is 0.186. The number of carbonyl (C=O) groups is 1. The number of nitrogens with zero attached hydrogens (tertiary/aromatic N) is 5. The Bertz CT molecular complexity index is 690. The van der Waals surface area contributed by atoms with Crippen molar-refractivity contribution in [1.82, 2.24) is 24.6 Å². The third-order valence-corrected chi connectivity index (χ3v) is 5.66. The van der Waals surface area contributed by atoms with E-state index in [-0.39, 0.29) is 5.91 Å². The van der Waals surface area contributed by atoms with Crippen LogP contribution in [0.3, 0.4) is 0 Å². The van der Waals surface area contributed by atoms with Crippen LogP contribution in [0.4, 0.5) is 0 Å². The molecule has 1 atom stereocenters. The van der Waals surface area contributed by atoms with Crippen molar-refractivity contribution in [3.8, 4) is 0 Å². The van der Waals surface area contributed by atoms with Gasteiger partial charge in [0.05, 0.1) is 5.75 Å². The molecular formula is C18H25N5OS. The van der Waals surface area contributed by atoms with E-state index in [4.69, 9.17) is 0 Å². The van der Waals surface area contributed by atoms with Crippen LogP contribution in [0.15, 0.2) is 41.8 Å². The first-order valence-electron chi connectivity index (χ1n) is 8.62. The van der Waals surface area contributed by atoms with Crippen molar-refractivity contribution in [2.75, 3.05) is 25.9 Å². The number of piperidine rings is 1. The number of hydrogen-bond acceptors (Lipinski definition) is 5. The normalized spacial score (nSPS) is 17.9. The number of likely N-dealkylation sites (N-methyl/N-ethyl adjacent to an activating group) is 1. The Kier molecular flexibility index (Phi) is 6.09. The van der Waals surface area contributed by atoms with Crippen LogP contribution in [-0.2, 0) is 18.4 Å². The fourth-order valence-electron chi connectivity index (χ4n) is 3.16. The maximum absolute atomic E-state index is 12.6. The van der Waals surface area contributed by atoms with Crippen LogP contribution in [0, 0.1) is 0 Å². The van der Waals surface area contributed by atoms with E-state index in [1.54, 1.807) is 6.33 Å². The predicted octanol–water partition coefficient (Wildman–Crippen LogP) is 2.03. The van der Waals surface area contributed by atoms with Gasteiger partial charge in [0.25, 0.3) is 0 Å². The molecule has 1 saturated heterocycles. The summed E-state index contributed by atoms with van der Waals surface area (Å²) in [4.78, 5) is 16.9. The molecule has 7 heteroatoms. The SMILES string of the molecule is CN(Cc1ccccc1)C1CCCN(C(=O)CSc2nncn2C)C1. The number of amides is 1. The Balaban J connectivity index is 1.51. The molecular weight excluding hydrogens is 334 g/mol. The smallest absolute Gasteiger partial charge is 0.233 e. The number of thioether (sulfide) groups is 1. The second kappa shape index (κ2) is 8.49. The number of rotatable bonds is 6. The van der Waals surface area contributed by atoms with Crippen LogP contribution < -0.4 is 0 Å². The summed E-state index contributed by atoms with van der Waals surface area (Å²) >= 11 is 1.45. The van der Waals surface area contributed by atoms with Crippen molar-refractivity contribution in [2.24, 2.45) is 7.05 Å². The molecule has 0 aliphatic carbocycles.